The molecule has 0 spiro atoms. The molecule has 0 fully saturated rings. The van der Waals surface area contributed by atoms with E-state index in [4.69, 9.17) is 9.52 Å². The Labute approximate surface area is 191 Å². The van der Waals surface area contributed by atoms with Crippen molar-refractivity contribution in [3.05, 3.63) is 98.0 Å². The molecule has 2 aromatic carbocycles. The number of aryl methyl sites for hydroxylation is 1. The molecule has 1 aliphatic carbocycles. The molecule has 0 saturated heterocycles. The molecule has 0 atom stereocenters. The van der Waals surface area contributed by atoms with E-state index in [1.807, 2.05) is 35.0 Å². The van der Waals surface area contributed by atoms with Crippen molar-refractivity contribution in [2.75, 3.05) is 0 Å². The van der Waals surface area contributed by atoms with Crippen LogP contribution in [0.15, 0.2) is 74.2 Å². The molecule has 2 heterocycles. The summed E-state index contributed by atoms with van der Waals surface area (Å²) >= 11 is 6.89. The number of carboxylic acid groups (broad SMARTS) is 1. The summed E-state index contributed by atoms with van der Waals surface area (Å²) < 4.78 is 9.73. The van der Waals surface area contributed by atoms with Crippen LogP contribution in [0.2, 0.25) is 0 Å². The van der Waals surface area contributed by atoms with Crippen LogP contribution >= 0.6 is 31.9 Å². The van der Waals surface area contributed by atoms with E-state index in [2.05, 4.69) is 62.2 Å². The van der Waals surface area contributed by atoms with Crippen LogP contribution in [0.1, 0.15) is 33.0 Å². The topological polar surface area (TPSA) is 55.4 Å². The lowest BCUT2D eigenvalue weighted by Gasteiger charge is -2.03. The van der Waals surface area contributed by atoms with E-state index in [1.165, 1.54) is 15.6 Å². The third-order valence-corrected chi connectivity index (χ3v) is 5.99. The van der Waals surface area contributed by atoms with Crippen LogP contribution in [0, 0.1) is 6.92 Å². The van der Waals surface area contributed by atoms with E-state index >= 15 is 0 Å². The lowest BCUT2D eigenvalue weighted by atomic mass is 10.1. The highest BCUT2D eigenvalue weighted by Gasteiger charge is 2.14. The predicted octanol–water partition coefficient (Wildman–Crippen LogP) is 7.07. The van der Waals surface area contributed by atoms with Gasteiger partial charge in [-0.1, -0.05) is 56.1 Å². The lowest BCUT2D eigenvalue weighted by molar-refractivity contribution is 0.0695. The minimum atomic E-state index is -0.961. The van der Waals surface area contributed by atoms with E-state index in [-0.39, 0.29) is 5.56 Å². The monoisotopic (exact) mass is 527 g/mol. The van der Waals surface area contributed by atoms with Gasteiger partial charge < -0.3 is 14.1 Å². The molecule has 1 N–H and O–H groups in total. The molecule has 1 aliphatic rings. The Morgan fingerprint density at radius 1 is 1.10 bits per heavy atom. The third kappa shape index (κ3) is 4.45. The Morgan fingerprint density at radius 2 is 1.87 bits per heavy atom. The summed E-state index contributed by atoms with van der Waals surface area (Å²) in [6, 6.07) is 16.1. The quantitative estimate of drug-likeness (QED) is 0.309. The summed E-state index contributed by atoms with van der Waals surface area (Å²) in [5.41, 5.74) is 4.08. The summed E-state index contributed by atoms with van der Waals surface area (Å²) in [6.07, 6.45) is 7.42. The maximum absolute atomic E-state index is 11.0. The molecule has 5 rings (SSSR count). The van der Waals surface area contributed by atoms with Gasteiger partial charge in [0.05, 0.1) is 6.54 Å². The number of carboxylic acids is 1. The average molecular weight is 529 g/mol. The van der Waals surface area contributed by atoms with Crippen LogP contribution < -0.4 is 0 Å². The smallest absolute Gasteiger partial charge is 0.339 e. The van der Waals surface area contributed by atoms with Crippen molar-refractivity contribution >= 4 is 54.8 Å². The Balaban J connectivity index is 0.000000181. The average Bonchev–Trinajstić information content (AvgIpc) is 3.41. The Kier molecular flexibility index (Phi) is 5.97. The summed E-state index contributed by atoms with van der Waals surface area (Å²) in [5, 5.41) is 10.2. The van der Waals surface area contributed by atoms with Gasteiger partial charge in [0, 0.05) is 20.7 Å². The zero-order chi connectivity index (χ0) is 21.3. The van der Waals surface area contributed by atoms with Crippen LogP contribution in [-0.2, 0) is 13.0 Å². The summed E-state index contributed by atoms with van der Waals surface area (Å²) in [4.78, 5) is 11.0. The van der Waals surface area contributed by atoms with Crippen LogP contribution in [0.4, 0.5) is 0 Å². The molecule has 30 heavy (non-hydrogen) atoms. The standard InChI is InChI=1S/C15H12BrNO3.C9H7Br/c1-9-13(15(18)19)7-12(20-9)8-17-5-4-10-2-3-11(16)6-14(10)17;10-9-5-4-7-2-1-3-8(7)6-9/h2-7H,8H2,1H3,(H,18,19);1-2,4-6H,3H2. The van der Waals surface area contributed by atoms with Gasteiger partial charge >= 0.3 is 5.97 Å². The predicted molar refractivity (Wildman–Crippen MR) is 126 cm³/mol. The summed E-state index contributed by atoms with van der Waals surface area (Å²) in [7, 11) is 0. The number of furan rings is 1. The molecule has 0 aliphatic heterocycles. The van der Waals surface area contributed by atoms with E-state index in [1.54, 1.807) is 13.0 Å². The minimum Gasteiger partial charge on any atom is -0.478 e. The molecular weight excluding hydrogens is 510 g/mol. The van der Waals surface area contributed by atoms with Gasteiger partial charge in [-0.3, -0.25) is 0 Å². The van der Waals surface area contributed by atoms with Crippen molar-refractivity contribution in [3.8, 4) is 0 Å². The molecular formula is C24H19Br2NO3. The molecule has 2 aromatic heterocycles. The number of hydrogen-bond acceptors (Lipinski definition) is 2. The van der Waals surface area contributed by atoms with E-state index < -0.39 is 5.97 Å². The molecule has 0 saturated carbocycles. The molecule has 4 nitrogen and oxygen atoms in total. The second-order valence-electron chi connectivity index (χ2n) is 7.08. The fourth-order valence-electron chi connectivity index (χ4n) is 3.52. The molecule has 6 heteroatoms. The van der Waals surface area contributed by atoms with Gasteiger partial charge in [-0.15, -0.1) is 0 Å². The first-order valence-electron chi connectivity index (χ1n) is 9.42. The Bertz CT molecular complexity index is 1270. The van der Waals surface area contributed by atoms with Gasteiger partial charge in [0.15, 0.2) is 0 Å². The second kappa shape index (κ2) is 8.66. The van der Waals surface area contributed by atoms with E-state index in [9.17, 15) is 4.79 Å². The highest BCUT2D eigenvalue weighted by atomic mass is 79.9. The van der Waals surface area contributed by atoms with Crippen molar-refractivity contribution in [2.45, 2.75) is 19.9 Å². The second-order valence-corrected chi connectivity index (χ2v) is 8.92. The Hall–Kier alpha value is -2.57. The number of carbonyl (C=O) groups is 1. The van der Waals surface area contributed by atoms with Gasteiger partial charge in [0.2, 0.25) is 0 Å². The summed E-state index contributed by atoms with van der Waals surface area (Å²) in [6.45, 7) is 2.17. The highest BCUT2D eigenvalue weighted by Crippen LogP contribution is 2.24. The van der Waals surface area contributed by atoms with Gasteiger partial charge in [0.1, 0.15) is 17.1 Å². The Morgan fingerprint density at radius 3 is 2.63 bits per heavy atom. The van der Waals surface area contributed by atoms with Gasteiger partial charge in [0.25, 0.3) is 0 Å². The van der Waals surface area contributed by atoms with Crippen LogP contribution in [0.25, 0.3) is 17.0 Å². The molecule has 152 valence electrons. The highest BCUT2D eigenvalue weighted by molar-refractivity contribution is 9.10. The van der Waals surface area contributed by atoms with Crippen molar-refractivity contribution in [1.82, 2.24) is 4.57 Å². The maximum atomic E-state index is 11.0. The normalized spacial score (nSPS) is 12.0. The first kappa shape index (κ1) is 20.7. The van der Waals surface area contributed by atoms with E-state index in [0.29, 0.717) is 18.1 Å². The number of nitrogens with zero attached hydrogens (tertiary/aromatic N) is 1. The third-order valence-electron chi connectivity index (χ3n) is 5.00. The minimum absolute atomic E-state index is 0.220. The fraction of sp³-hybridized carbons (Fsp3) is 0.125. The molecule has 0 bridgehead atoms. The first-order valence-corrected chi connectivity index (χ1v) is 11.0. The van der Waals surface area contributed by atoms with Crippen molar-refractivity contribution in [3.63, 3.8) is 0 Å². The van der Waals surface area contributed by atoms with Gasteiger partial charge in [-0.25, -0.2) is 4.79 Å². The molecule has 4 aromatic rings. The first-order chi connectivity index (χ1) is 14.4. The summed E-state index contributed by atoms with van der Waals surface area (Å²) in [5.74, 6) is 0.111. The zero-order valence-corrected chi connectivity index (χ0v) is 19.4. The largest absolute Gasteiger partial charge is 0.478 e. The van der Waals surface area contributed by atoms with Crippen LogP contribution in [0.3, 0.4) is 0 Å². The lowest BCUT2D eigenvalue weighted by Crippen LogP contribution is -1.97. The number of allylic oxidation sites excluding steroid dienone is 1. The van der Waals surface area contributed by atoms with Crippen LogP contribution in [-0.4, -0.2) is 15.6 Å². The maximum Gasteiger partial charge on any atom is 0.339 e. The van der Waals surface area contributed by atoms with Gasteiger partial charge in [-0.2, -0.15) is 0 Å². The number of rotatable bonds is 3. The molecule has 0 unspecified atom stereocenters. The van der Waals surface area contributed by atoms with Crippen molar-refractivity contribution in [2.24, 2.45) is 0 Å². The molecule has 0 radical (unpaired) electrons. The van der Waals surface area contributed by atoms with Crippen molar-refractivity contribution < 1.29 is 14.3 Å². The van der Waals surface area contributed by atoms with Gasteiger partial charge in [-0.05, 0) is 66.3 Å². The van der Waals surface area contributed by atoms with E-state index in [0.717, 1.165) is 21.8 Å². The number of fused-ring (bicyclic) bond motifs is 2. The number of hydrogen-bond donors (Lipinski definition) is 1. The zero-order valence-electron chi connectivity index (χ0n) is 16.2. The SMILES string of the molecule is Brc1ccc2c(c1)CC=C2.Cc1oc(Cn2ccc3ccc(Br)cc32)cc1C(=O)O. The van der Waals surface area contributed by atoms with Crippen molar-refractivity contribution in [1.29, 1.82) is 0 Å². The number of aromatic nitrogens is 1. The number of aromatic carboxylic acids is 1. The fourth-order valence-corrected chi connectivity index (χ4v) is 4.28. The van der Waals surface area contributed by atoms with Crippen LogP contribution in [0.5, 0.6) is 0 Å². The number of halogens is 2. The number of benzene rings is 2. The molecule has 0 amide bonds.